The van der Waals surface area contributed by atoms with Gasteiger partial charge in [-0.05, 0) is 13.8 Å². The van der Waals surface area contributed by atoms with Crippen LogP contribution in [0.25, 0.3) is 0 Å². The van der Waals surface area contributed by atoms with E-state index in [4.69, 9.17) is 8.92 Å². The Hall–Kier alpha value is -0.130. The Labute approximate surface area is 73.0 Å². The molecule has 0 aromatic carbocycles. The van der Waals surface area contributed by atoms with E-state index in [0.29, 0.717) is 19.6 Å². The monoisotopic (exact) mass is 194 g/mol. The zero-order valence-corrected chi connectivity index (χ0v) is 8.13. The molecule has 0 N–H and O–H groups in total. The van der Waals surface area contributed by atoms with Gasteiger partial charge in [-0.3, -0.25) is 4.18 Å². The lowest BCUT2D eigenvalue weighted by Crippen LogP contribution is -2.24. The maximum atomic E-state index is 11.2. The lowest BCUT2D eigenvalue weighted by Gasteiger charge is -2.11. The summed E-state index contributed by atoms with van der Waals surface area (Å²) in [6.07, 6.45) is 0.406. The van der Waals surface area contributed by atoms with Crippen LogP contribution >= 0.6 is 0 Å². The summed E-state index contributed by atoms with van der Waals surface area (Å²) in [6.45, 7) is 4.19. The topological polar surface area (TPSA) is 52.6 Å². The van der Waals surface area contributed by atoms with Crippen LogP contribution in [0.2, 0.25) is 0 Å². The molecule has 0 aromatic rings. The molecular formula is C7H14O4S. The van der Waals surface area contributed by atoms with E-state index < -0.39 is 15.4 Å². The Morgan fingerprint density at radius 2 is 2.17 bits per heavy atom. The molecule has 12 heavy (non-hydrogen) atoms. The standard InChI is InChI=1S/C7H14O4S/c1-6(2)12(8,9)11-7-3-4-10-5-7/h6-7H,3-5H2,1-2H3. The Kier molecular flexibility index (Phi) is 3.09. The largest absolute Gasteiger partial charge is 0.379 e. The van der Waals surface area contributed by atoms with E-state index in [1.807, 2.05) is 0 Å². The molecule has 0 amide bonds. The summed E-state index contributed by atoms with van der Waals surface area (Å²) < 4.78 is 32.3. The SMILES string of the molecule is CC(C)S(=O)(=O)OC1CCOC1. The van der Waals surface area contributed by atoms with Crippen molar-refractivity contribution >= 4 is 10.1 Å². The Morgan fingerprint density at radius 3 is 2.58 bits per heavy atom. The molecule has 1 heterocycles. The molecular weight excluding hydrogens is 180 g/mol. The van der Waals surface area contributed by atoms with Crippen LogP contribution in [-0.4, -0.2) is 33.0 Å². The van der Waals surface area contributed by atoms with Crippen LogP contribution < -0.4 is 0 Å². The average Bonchev–Trinajstić information content (AvgIpc) is 2.38. The third-order valence-corrected chi connectivity index (χ3v) is 3.43. The molecule has 1 unspecified atom stereocenters. The second-order valence-electron chi connectivity index (χ2n) is 3.12. The van der Waals surface area contributed by atoms with Crippen LogP contribution in [0, 0.1) is 0 Å². The van der Waals surface area contributed by atoms with E-state index in [-0.39, 0.29) is 6.10 Å². The van der Waals surface area contributed by atoms with Gasteiger partial charge in [0.2, 0.25) is 0 Å². The summed E-state index contributed by atoms with van der Waals surface area (Å²) in [4.78, 5) is 0. The highest BCUT2D eigenvalue weighted by Crippen LogP contribution is 2.14. The minimum Gasteiger partial charge on any atom is -0.379 e. The van der Waals surface area contributed by atoms with E-state index in [1.54, 1.807) is 13.8 Å². The summed E-state index contributed by atoms with van der Waals surface area (Å²) in [6, 6.07) is 0. The quantitative estimate of drug-likeness (QED) is 0.615. The zero-order chi connectivity index (χ0) is 9.19. The number of hydrogen-bond donors (Lipinski definition) is 0. The van der Waals surface area contributed by atoms with Crippen LogP contribution in [0.3, 0.4) is 0 Å². The highest BCUT2D eigenvalue weighted by molar-refractivity contribution is 7.87. The van der Waals surface area contributed by atoms with E-state index in [9.17, 15) is 8.42 Å². The first-order valence-corrected chi connectivity index (χ1v) is 5.49. The summed E-state index contributed by atoms with van der Waals surface area (Å²) in [5.41, 5.74) is 0. The van der Waals surface area contributed by atoms with Crippen molar-refractivity contribution in [2.75, 3.05) is 13.2 Å². The van der Waals surface area contributed by atoms with Gasteiger partial charge in [0, 0.05) is 13.0 Å². The van der Waals surface area contributed by atoms with Crippen molar-refractivity contribution in [3.05, 3.63) is 0 Å². The van der Waals surface area contributed by atoms with Crippen molar-refractivity contribution in [1.82, 2.24) is 0 Å². The third-order valence-electron chi connectivity index (χ3n) is 1.74. The molecule has 5 heteroatoms. The summed E-state index contributed by atoms with van der Waals surface area (Å²) >= 11 is 0. The molecule has 0 radical (unpaired) electrons. The number of rotatable bonds is 3. The van der Waals surface area contributed by atoms with Gasteiger partial charge in [0.05, 0.1) is 11.9 Å². The van der Waals surface area contributed by atoms with Crippen LogP contribution in [0.4, 0.5) is 0 Å². The van der Waals surface area contributed by atoms with Gasteiger partial charge in [-0.1, -0.05) is 0 Å². The van der Waals surface area contributed by atoms with Gasteiger partial charge >= 0.3 is 0 Å². The summed E-state index contributed by atoms with van der Waals surface area (Å²) in [7, 11) is -3.36. The zero-order valence-electron chi connectivity index (χ0n) is 7.32. The molecule has 1 atom stereocenters. The molecule has 1 aliphatic rings. The lowest BCUT2D eigenvalue weighted by atomic mass is 10.3. The Balaban J connectivity index is 2.49. The highest BCUT2D eigenvalue weighted by Gasteiger charge is 2.25. The minimum atomic E-state index is -3.36. The van der Waals surface area contributed by atoms with Crippen LogP contribution in [-0.2, 0) is 19.0 Å². The van der Waals surface area contributed by atoms with Gasteiger partial charge in [0.1, 0.15) is 6.10 Å². The van der Waals surface area contributed by atoms with E-state index in [0.717, 1.165) is 0 Å². The summed E-state index contributed by atoms with van der Waals surface area (Å²) in [5, 5.41) is -0.474. The van der Waals surface area contributed by atoms with Crippen molar-refractivity contribution in [1.29, 1.82) is 0 Å². The highest BCUT2D eigenvalue weighted by atomic mass is 32.2. The van der Waals surface area contributed by atoms with Crippen molar-refractivity contribution < 1.29 is 17.3 Å². The normalized spacial score (nSPS) is 25.1. The molecule has 0 bridgehead atoms. The molecule has 4 nitrogen and oxygen atoms in total. The van der Waals surface area contributed by atoms with Crippen molar-refractivity contribution in [3.8, 4) is 0 Å². The second-order valence-corrected chi connectivity index (χ2v) is 5.24. The fourth-order valence-electron chi connectivity index (χ4n) is 0.890. The summed E-state index contributed by atoms with van der Waals surface area (Å²) in [5.74, 6) is 0. The van der Waals surface area contributed by atoms with Crippen molar-refractivity contribution in [3.63, 3.8) is 0 Å². The maximum Gasteiger partial charge on any atom is 0.270 e. The molecule has 0 aromatic heterocycles. The molecule has 1 saturated heterocycles. The smallest absolute Gasteiger partial charge is 0.270 e. The van der Waals surface area contributed by atoms with E-state index in [1.165, 1.54) is 0 Å². The predicted molar refractivity (Wildman–Crippen MR) is 44.4 cm³/mol. The fraction of sp³-hybridized carbons (Fsp3) is 1.00. The van der Waals surface area contributed by atoms with Gasteiger partial charge in [-0.2, -0.15) is 8.42 Å². The van der Waals surface area contributed by atoms with Crippen LogP contribution in [0.15, 0.2) is 0 Å². The third kappa shape index (κ3) is 2.43. The van der Waals surface area contributed by atoms with Crippen molar-refractivity contribution in [2.24, 2.45) is 0 Å². The van der Waals surface area contributed by atoms with Gasteiger partial charge in [0.15, 0.2) is 0 Å². The van der Waals surface area contributed by atoms with Crippen LogP contribution in [0.5, 0.6) is 0 Å². The van der Waals surface area contributed by atoms with E-state index >= 15 is 0 Å². The first-order chi connectivity index (χ1) is 5.52. The Morgan fingerprint density at radius 1 is 1.50 bits per heavy atom. The molecule has 72 valence electrons. The molecule has 1 fully saturated rings. The molecule has 0 spiro atoms. The molecule has 0 aliphatic carbocycles. The number of ether oxygens (including phenoxy) is 1. The molecule has 0 saturated carbocycles. The van der Waals surface area contributed by atoms with E-state index in [2.05, 4.69) is 0 Å². The van der Waals surface area contributed by atoms with Gasteiger partial charge in [-0.25, -0.2) is 0 Å². The fourth-order valence-corrected chi connectivity index (χ4v) is 1.64. The van der Waals surface area contributed by atoms with Crippen LogP contribution in [0.1, 0.15) is 20.3 Å². The van der Waals surface area contributed by atoms with Gasteiger partial charge < -0.3 is 4.74 Å². The molecule has 1 rings (SSSR count). The lowest BCUT2D eigenvalue weighted by molar-refractivity contribution is 0.144. The number of hydrogen-bond acceptors (Lipinski definition) is 4. The first kappa shape index (κ1) is 9.95. The first-order valence-electron chi connectivity index (χ1n) is 4.02. The van der Waals surface area contributed by atoms with Gasteiger partial charge in [-0.15, -0.1) is 0 Å². The second kappa shape index (κ2) is 3.72. The van der Waals surface area contributed by atoms with Crippen molar-refractivity contribution in [2.45, 2.75) is 31.6 Å². The average molecular weight is 194 g/mol. The Bertz CT molecular complexity index is 226. The maximum absolute atomic E-state index is 11.2. The molecule has 1 aliphatic heterocycles. The predicted octanol–water partition coefficient (Wildman–Crippen LogP) is 0.530. The minimum absolute atomic E-state index is 0.266. The van der Waals surface area contributed by atoms with Gasteiger partial charge in [0.25, 0.3) is 10.1 Å².